The van der Waals surface area contributed by atoms with Gasteiger partial charge in [-0.1, -0.05) is 6.08 Å². The molecule has 25 heavy (non-hydrogen) atoms. The van der Waals surface area contributed by atoms with Gasteiger partial charge in [-0.15, -0.1) is 0 Å². The van der Waals surface area contributed by atoms with Crippen LogP contribution in [0.25, 0.3) is 0 Å². The van der Waals surface area contributed by atoms with E-state index in [9.17, 15) is 4.79 Å². The second-order valence-corrected chi connectivity index (χ2v) is 7.90. The first-order chi connectivity index (χ1) is 12.2. The molecule has 2 bridgehead atoms. The van der Waals surface area contributed by atoms with Crippen LogP contribution in [0, 0.1) is 11.8 Å². The fourth-order valence-corrected chi connectivity index (χ4v) is 5.38. The molecule has 4 aliphatic heterocycles. The van der Waals surface area contributed by atoms with Crippen LogP contribution < -0.4 is 16.0 Å². The van der Waals surface area contributed by atoms with Gasteiger partial charge < -0.3 is 15.5 Å². The molecular weight excluding hydrogens is 312 g/mol. The van der Waals surface area contributed by atoms with Gasteiger partial charge >= 0.3 is 0 Å². The number of carbonyl (C=O) groups is 1. The van der Waals surface area contributed by atoms with Crippen LogP contribution >= 0.6 is 0 Å². The second kappa shape index (κ2) is 6.76. The van der Waals surface area contributed by atoms with Gasteiger partial charge in [0, 0.05) is 37.8 Å². The summed E-state index contributed by atoms with van der Waals surface area (Å²) < 4.78 is 0. The Morgan fingerprint density at radius 3 is 2.96 bits per heavy atom. The molecule has 2 unspecified atom stereocenters. The predicted octanol–water partition coefficient (Wildman–Crippen LogP) is 1.74. The van der Waals surface area contributed by atoms with Crippen molar-refractivity contribution in [3.63, 3.8) is 0 Å². The third kappa shape index (κ3) is 2.81. The third-order valence-corrected chi connectivity index (χ3v) is 6.57. The minimum atomic E-state index is -0.0234. The number of fused-ring (bicyclic) bond motifs is 1. The Kier molecular flexibility index (Phi) is 4.63. The quantitative estimate of drug-likeness (QED) is 0.727. The first-order valence-electron chi connectivity index (χ1n) is 10.2. The van der Waals surface area contributed by atoms with E-state index in [-0.39, 0.29) is 17.5 Å². The number of piperidine rings is 2. The highest BCUT2D eigenvalue weighted by atomic mass is 16.2. The zero-order valence-electron chi connectivity index (χ0n) is 15.7. The van der Waals surface area contributed by atoms with Crippen molar-refractivity contribution in [1.29, 1.82) is 0 Å². The van der Waals surface area contributed by atoms with Gasteiger partial charge in [-0.05, 0) is 63.6 Å². The summed E-state index contributed by atoms with van der Waals surface area (Å²) in [6.45, 7) is 8.49. The van der Waals surface area contributed by atoms with Crippen molar-refractivity contribution >= 4 is 5.91 Å². The van der Waals surface area contributed by atoms with Crippen LogP contribution in [-0.2, 0) is 4.79 Å². The Labute approximate surface area is 151 Å². The van der Waals surface area contributed by atoms with Crippen molar-refractivity contribution in [3.05, 3.63) is 22.9 Å². The van der Waals surface area contributed by atoms with Crippen LogP contribution in [0.2, 0.25) is 0 Å². The number of allylic oxidation sites excluding steroid dienone is 1. The minimum Gasteiger partial charge on any atom is -0.370 e. The topological polar surface area (TPSA) is 56.4 Å². The molecular formula is C20H32N4O. The Bertz CT molecular complexity index is 603. The molecule has 2 fully saturated rings. The third-order valence-electron chi connectivity index (χ3n) is 6.57. The van der Waals surface area contributed by atoms with Crippen LogP contribution in [-0.4, -0.2) is 49.2 Å². The number of rotatable bonds is 4. The summed E-state index contributed by atoms with van der Waals surface area (Å²) in [5.41, 5.74) is 4.43. The van der Waals surface area contributed by atoms with E-state index >= 15 is 0 Å². The second-order valence-electron chi connectivity index (χ2n) is 7.90. The highest BCUT2D eigenvalue weighted by Gasteiger charge is 2.50. The van der Waals surface area contributed by atoms with E-state index in [0.29, 0.717) is 5.92 Å². The molecule has 2 saturated heterocycles. The van der Waals surface area contributed by atoms with E-state index in [1.54, 1.807) is 0 Å². The van der Waals surface area contributed by atoms with Gasteiger partial charge in [0.25, 0.3) is 0 Å². The van der Waals surface area contributed by atoms with E-state index in [1.807, 2.05) is 4.90 Å². The summed E-state index contributed by atoms with van der Waals surface area (Å²) in [5, 5.41) is 11.2. The molecule has 0 radical (unpaired) electrons. The zero-order chi connectivity index (χ0) is 17.4. The Hall–Kier alpha value is -1.33. The van der Waals surface area contributed by atoms with Gasteiger partial charge in [-0.2, -0.15) is 0 Å². The van der Waals surface area contributed by atoms with Gasteiger partial charge in [-0.3, -0.25) is 10.1 Å². The molecule has 4 heterocycles. The summed E-state index contributed by atoms with van der Waals surface area (Å²) in [6, 6.07) is 0. The van der Waals surface area contributed by atoms with Crippen molar-refractivity contribution in [2.75, 3.05) is 32.7 Å². The lowest BCUT2D eigenvalue weighted by Crippen LogP contribution is -2.61. The standard InChI is InChI=1S/C20H32N4O/c1-3-24(4-2)19(25)15-11-14(12-21-13-15)18-16-7-6-10-22-20(16)9-5-8-17(18)23-20/h11,15-16,21-23H,3-10,12-13H2,1-2H3/t15-,16?,20?/m0/s1. The molecule has 5 heteroatoms. The molecule has 1 spiro atoms. The first kappa shape index (κ1) is 17.1. The number of hydrogen-bond acceptors (Lipinski definition) is 4. The van der Waals surface area contributed by atoms with Crippen LogP contribution in [0.1, 0.15) is 46.0 Å². The van der Waals surface area contributed by atoms with Gasteiger partial charge in [0.05, 0.1) is 11.6 Å². The normalized spacial score (nSPS) is 34.2. The SMILES string of the molecule is CCN(CC)C(=O)[C@H]1C=C(C2=C3CCCC4(NCCCC24)N3)CNC1. The molecule has 0 aliphatic carbocycles. The highest BCUT2D eigenvalue weighted by Crippen LogP contribution is 2.48. The lowest BCUT2D eigenvalue weighted by atomic mass is 9.77. The van der Waals surface area contributed by atoms with Crippen molar-refractivity contribution in [3.8, 4) is 0 Å². The molecule has 0 aromatic carbocycles. The lowest BCUT2D eigenvalue weighted by Gasteiger charge is -2.44. The maximum atomic E-state index is 12.8. The number of nitrogens with zero attached hydrogens (tertiary/aromatic N) is 1. The van der Waals surface area contributed by atoms with Crippen molar-refractivity contribution in [1.82, 2.24) is 20.9 Å². The maximum absolute atomic E-state index is 12.8. The molecule has 0 aromatic rings. The lowest BCUT2D eigenvalue weighted by molar-refractivity contribution is -0.133. The molecule has 4 rings (SSSR count). The Morgan fingerprint density at radius 2 is 2.16 bits per heavy atom. The average molecular weight is 345 g/mol. The summed E-state index contributed by atoms with van der Waals surface area (Å²) in [7, 11) is 0. The summed E-state index contributed by atoms with van der Waals surface area (Å²) in [4.78, 5) is 14.8. The van der Waals surface area contributed by atoms with E-state index < -0.39 is 0 Å². The van der Waals surface area contributed by atoms with Crippen LogP contribution in [0.5, 0.6) is 0 Å². The summed E-state index contributed by atoms with van der Waals surface area (Å²) in [5.74, 6) is 0.810. The van der Waals surface area contributed by atoms with Crippen LogP contribution in [0.4, 0.5) is 0 Å². The van der Waals surface area contributed by atoms with Gasteiger partial charge in [0.1, 0.15) is 0 Å². The molecule has 3 N–H and O–H groups in total. The van der Waals surface area contributed by atoms with Gasteiger partial charge in [0.15, 0.2) is 0 Å². The molecule has 5 nitrogen and oxygen atoms in total. The number of amides is 1. The van der Waals surface area contributed by atoms with E-state index in [4.69, 9.17) is 0 Å². The highest BCUT2D eigenvalue weighted by molar-refractivity contribution is 5.81. The maximum Gasteiger partial charge on any atom is 0.230 e. The van der Waals surface area contributed by atoms with Crippen molar-refractivity contribution in [2.24, 2.45) is 11.8 Å². The van der Waals surface area contributed by atoms with Crippen LogP contribution in [0.3, 0.4) is 0 Å². The number of hydrogen-bond donors (Lipinski definition) is 3. The summed E-state index contributed by atoms with van der Waals surface area (Å²) in [6.07, 6.45) is 8.41. The molecule has 1 amide bonds. The van der Waals surface area contributed by atoms with Crippen LogP contribution in [0.15, 0.2) is 22.9 Å². The summed E-state index contributed by atoms with van der Waals surface area (Å²) >= 11 is 0. The van der Waals surface area contributed by atoms with E-state index in [0.717, 1.165) is 39.1 Å². The largest absolute Gasteiger partial charge is 0.370 e. The predicted molar refractivity (Wildman–Crippen MR) is 99.8 cm³/mol. The molecule has 0 aromatic heterocycles. The molecule has 4 aliphatic rings. The minimum absolute atomic E-state index is 0.0234. The van der Waals surface area contributed by atoms with E-state index in [1.165, 1.54) is 42.5 Å². The Balaban J connectivity index is 1.63. The molecule has 3 atom stereocenters. The molecule has 0 saturated carbocycles. The number of carbonyl (C=O) groups excluding carboxylic acids is 1. The average Bonchev–Trinajstić information content (AvgIpc) is 2.88. The monoisotopic (exact) mass is 344 g/mol. The Morgan fingerprint density at radius 1 is 1.32 bits per heavy atom. The van der Waals surface area contributed by atoms with E-state index in [2.05, 4.69) is 35.9 Å². The fourth-order valence-electron chi connectivity index (χ4n) is 5.38. The number of nitrogens with one attached hydrogen (secondary N) is 3. The first-order valence-corrected chi connectivity index (χ1v) is 10.2. The molecule has 138 valence electrons. The van der Waals surface area contributed by atoms with Crippen molar-refractivity contribution in [2.45, 2.75) is 51.6 Å². The smallest absolute Gasteiger partial charge is 0.230 e. The fraction of sp³-hybridized carbons (Fsp3) is 0.750. The zero-order valence-corrected chi connectivity index (χ0v) is 15.7. The van der Waals surface area contributed by atoms with Gasteiger partial charge in [-0.25, -0.2) is 0 Å². The van der Waals surface area contributed by atoms with Gasteiger partial charge in [0.2, 0.25) is 5.91 Å². The van der Waals surface area contributed by atoms with Crippen molar-refractivity contribution < 1.29 is 4.79 Å².